The van der Waals surface area contributed by atoms with E-state index >= 15 is 0 Å². The number of rotatable bonds is 3. The van der Waals surface area contributed by atoms with Gasteiger partial charge in [-0.1, -0.05) is 11.6 Å². The Kier molecular flexibility index (Phi) is 4.60. The van der Waals surface area contributed by atoms with Gasteiger partial charge in [-0.3, -0.25) is 4.79 Å². The predicted molar refractivity (Wildman–Crippen MR) is 91.0 cm³/mol. The summed E-state index contributed by atoms with van der Waals surface area (Å²) in [5, 5.41) is 3.61. The Bertz CT molecular complexity index is 688. The second kappa shape index (κ2) is 6.63. The first-order valence-corrected chi connectivity index (χ1v) is 8.62. The third kappa shape index (κ3) is 3.39. The summed E-state index contributed by atoms with van der Waals surface area (Å²) in [7, 11) is 0. The van der Waals surface area contributed by atoms with Gasteiger partial charge in [0.05, 0.1) is 5.92 Å². The van der Waals surface area contributed by atoms with Gasteiger partial charge in [-0.2, -0.15) is 0 Å². The van der Waals surface area contributed by atoms with E-state index in [-0.39, 0.29) is 11.8 Å². The van der Waals surface area contributed by atoms with Crippen LogP contribution in [0.2, 0.25) is 5.02 Å². The van der Waals surface area contributed by atoms with E-state index < -0.39 is 0 Å². The second-order valence-corrected chi connectivity index (χ2v) is 6.50. The van der Waals surface area contributed by atoms with Crippen molar-refractivity contribution in [3.8, 4) is 5.75 Å². The van der Waals surface area contributed by atoms with E-state index in [9.17, 15) is 4.79 Å². The van der Waals surface area contributed by atoms with Gasteiger partial charge in [0.2, 0.25) is 5.91 Å². The average Bonchev–Trinajstić information content (AvgIpc) is 2.54. The number of halogens is 1. The lowest BCUT2D eigenvalue weighted by Gasteiger charge is -2.24. The van der Waals surface area contributed by atoms with E-state index in [0.717, 1.165) is 17.0 Å². The third-order valence-corrected chi connectivity index (χ3v) is 4.64. The molecule has 1 amide bonds. The van der Waals surface area contributed by atoms with E-state index in [1.54, 1.807) is 17.8 Å². The van der Waals surface area contributed by atoms with Crippen molar-refractivity contribution >= 4 is 35.0 Å². The molecule has 1 aliphatic heterocycles. The van der Waals surface area contributed by atoms with Gasteiger partial charge in [0, 0.05) is 15.6 Å². The van der Waals surface area contributed by atoms with Gasteiger partial charge in [-0.15, -0.1) is 11.8 Å². The number of carbonyl (C=O) groups excluding carboxylic acids is 1. The molecule has 3 rings (SSSR count). The molecule has 0 aromatic heterocycles. The molecule has 0 bridgehead atoms. The van der Waals surface area contributed by atoms with Gasteiger partial charge in [0.1, 0.15) is 12.4 Å². The zero-order valence-corrected chi connectivity index (χ0v) is 13.7. The molecule has 0 saturated heterocycles. The highest BCUT2D eigenvalue weighted by Gasteiger charge is 2.26. The van der Waals surface area contributed by atoms with Crippen LogP contribution in [0.15, 0.2) is 47.4 Å². The lowest BCUT2D eigenvalue weighted by atomic mass is 9.96. The molecule has 1 atom stereocenters. The highest BCUT2D eigenvalue weighted by Crippen LogP contribution is 2.30. The summed E-state index contributed by atoms with van der Waals surface area (Å²) in [6, 6.07) is 13.3. The van der Waals surface area contributed by atoms with Gasteiger partial charge in [0.25, 0.3) is 0 Å². The first-order valence-electron chi connectivity index (χ1n) is 7.02. The van der Waals surface area contributed by atoms with Crippen molar-refractivity contribution < 1.29 is 9.53 Å². The molecular weight excluding hydrogens is 318 g/mol. The molecule has 3 nitrogen and oxygen atoms in total. The number of carbonyl (C=O) groups is 1. The molecule has 22 heavy (non-hydrogen) atoms. The third-order valence-electron chi connectivity index (χ3n) is 3.66. The van der Waals surface area contributed by atoms with Gasteiger partial charge in [-0.25, -0.2) is 0 Å². The molecule has 2 aromatic carbocycles. The molecule has 0 fully saturated rings. The van der Waals surface area contributed by atoms with Crippen LogP contribution >= 0.6 is 23.4 Å². The number of nitrogens with one attached hydrogen (secondary N) is 1. The lowest BCUT2D eigenvalue weighted by Crippen LogP contribution is -2.32. The molecule has 5 heteroatoms. The van der Waals surface area contributed by atoms with Crippen LogP contribution in [0.3, 0.4) is 0 Å². The van der Waals surface area contributed by atoms with E-state index in [0.29, 0.717) is 18.1 Å². The van der Waals surface area contributed by atoms with E-state index in [1.807, 2.05) is 42.7 Å². The molecule has 1 aliphatic rings. The minimum atomic E-state index is -0.203. The predicted octanol–water partition coefficient (Wildman–Crippen LogP) is 4.25. The van der Waals surface area contributed by atoms with Crippen molar-refractivity contribution in [1.82, 2.24) is 0 Å². The Labute approximate surface area is 139 Å². The minimum absolute atomic E-state index is 0.0254. The minimum Gasteiger partial charge on any atom is -0.492 e. The number of hydrogen-bond acceptors (Lipinski definition) is 3. The molecular formula is C17H16ClNO2S. The zero-order valence-electron chi connectivity index (χ0n) is 12.1. The van der Waals surface area contributed by atoms with E-state index in [2.05, 4.69) is 5.32 Å². The Morgan fingerprint density at radius 2 is 2.05 bits per heavy atom. The van der Waals surface area contributed by atoms with Crippen LogP contribution in [0.4, 0.5) is 5.69 Å². The van der Waals surface area contributed by atoms with Gasteiger partial charge in [0.15, 0.2) is 0 Å². The highest BCUT2D eigenvalue weighted by atomic mass is 35.5. The fraction of sp³-hybridized carbons (Fsp3) is 0.235. The summed E-state index contributed by atoms with van der Waals surface area (Å²) in [5.74, 6) is 0.589. The fourth-order valence-electron chi connectivity index (χ4n) is 2.45. The molecule has 0 unspecified atom stereocenters. The Balaban J connectivity index is 1.68. The fourth-order valence-corrected chi connectivity index (χ4v) is 3.05. The smallest absolute Gasteiger partial charge is 0.231 e. The molecule has 114 valence electrons. The van der Waals surface area contributed by atoms with Crippen LogP contribution in [0.25, 0.3) is 0 Å². The monoisotopic (exact) mass is 333 g/mol. The summed E-state index contributed by atoms with van der Waals surface area (Å²) < 4.78 is 5.66. The first-order chi connectivity index (χ1) is 10.7. The van der Waals surface area contributed by atoms with Crippen molar-refractivity contribution in [1.29, 1.82) is 0 Å². The quantitative estimate of drug-likeness (QED) is 0.853. The summed E-state index contributed by atoms with van der Waals surface area (Å²) in [6.07, 6.45) is 2.67. The van der Waals surface area contributed by atoms with Crippen LogP contribution in [0, 0.1) is 5.92 Å². The zero-order chi connectivity index (χ0) is 15.5. The number of amides is 1. The molecule has 2 aromatic rings. The number of hydrogen-bond donors (Lipinski definition) is 1. The van der Waals surface area contributed by atoms with Crippen LogP contribution in [0.5, 0.6) is 5.75 Å². The normalized spacial score (nSPS) is 16.5. The van der Waals surface area contributed by atoms with Crippen LogP contribution in [0.1, 0.15) is 5.56 Å². The highest BCUT2D eigenvalue weighted by molar-refractivity contribution is 7.98. The molecule has 0 aliphatic carbocycles. The van der Waals surface area contributed by atoms with Crippen molar-refractivity contribution in [3.05, 3.63) is 53.1 Å². The Hall–Kier alpha value is -1.65. The summed E-state index contributed by atoms with van der Waals surface area (Å²) in [5.41, 5.74) is 1.79. The maximum Gasteiger partial charge on any atom is 0.231 e. The molecule has 0 radical (unpaired) electrons. The molecule has 0 saturated carbocycles. The number of ether oxygens (including phenoxy) is 1. The van der Waals surface area contributed by atoms with Crippen molar-refractivity contribution in [2.24, 2.45) is 5.92 Å². The topological polar surface area (TPSA) is 38.3 Å². The van der Waals surface area contributed by atoms with Crippen LogP contribution in [-0.2, 0) is 11.2 Å². The van der Waals surface area contributed by atoms with E-state index in [1.165, 1.54) is 4.90 Å². The Morgan fingerprint density at radius 3 is 2.77 bits per heavy atom. The van der Waals surface area contributed by atoms with Crippen LogP contribution in [-0.4, -0.2) is 18.8 Å². The van der Waals surface area contributed by atoms with Crippen molar-refractivity contribution in [3.63, 3.8) is 0 Å². The maximum atomic E-state index is 12.4. The first kappa shape index (κ1) is 15.3. The Morgan fingerprint density at radius 1 is 1.27 bits per heavy atom. The maximum absolute atomic E-state index is 12.4. The van der Waals surface area contributed by atoms with E-state index in [4.69, 9.17) is 16.3 Å². The number of benzene rings is 2. The summed E-state index contributed by atoms with van der Waals surface area (Å²) >= 11 is 7.68. The van der Waals surface area contributed by atoms with Gasteiger partial charge < -0.3 is 10.1 Å². The number of fused-ring (bicyclic) bond motifs is 1. The lowest BCUT2D eigenvalue weighted by molar-refractivity contribution is -0.121. The summed E-state index contributed by atoms with van der Waals surface area (Å²) in [4.78, 5) is 13.6. The number of thioether (sulfide) groups is 1. The van der Waals surface area contributed by atoms with Crippen molar-refractivity contribution in [2.75, 3.05) is 18.2 Å². The molecule has 1 heterocycles. The van der Waals surface area contributed by atoms with Gasteiger partial charge in [-0.05, 0) is 60.7 Å². The number of anilines is 1. The van der Waals surface area contributed by atoms with Crippen LogP contribution < -0.4 is 10.1 Å². The summed E-state index contributed by atoms with van der Waals surface area (Å²) in [6.45, 7) is 0.392. The molecule has 0 spiro atoms. The molecule has 1 N–H and O–H groups in total. The average molecular weight is 334 g/mol. The van der Waals surface area contributed by atoms with Gasteiger partial charge >= 0.3 is 0 Å². The second-order valence-electron chi connectivity index (χ2n) is 5.18. The largest absolute Gasteiger partial charge is 0.492 e. The standard InChI is InChI=1S/C17H16ClNO2S/c1-22-15-5-3-14(4-6-15)19-17(20)12-8-11-9-13(18)2-7-16(11)21-10-12/h2-7,9,12H,8,10H2,1H3,(H,19,20)/t12-/m1/s1. The SMILES string of the molecule is CSc1ccc(NC(=O)[C@H]2COc3ccc(Cl)cc3C2)cc1. The van der Waals surface area contributed by atoms with Crippen molar-refractivity contribution in [2.45, 2.75) is 11.3 Å².